The molecule has 0 amide bonds. The fourth-order valence-corrected chi connectivity index (χ4v) is 9.92. The van der Waals surface area contributed by atoms with Crippen LogP contribution >= 0.6 is 0 Å². The van der Waals surface area contributed by atoms with Crippen LogP contribution in [-0.4, -0.2) is 37.2 Å². The highest BCUT2D eigenvalue weighted by molar-refractivity contribution is 5.71. The average molecular weight is 1090 g/mol. The minimum atomic E-state index is -0.771. The van der Waals surface area contributed by atoms with Gasteiger partial charge in [0.2, 0.25) is 0 Å². The summed E-state index contributed by atoms with van der Waals surface area (Å²) in [6, 6.07) is 0. The van der Waals surface area contributed by atoms with Crippen LogP contribution in [0.25, 0.3) is 0 Å². The highest BCUT2D eigenvalue weighted by Gasteiger charge is 2.19. The molecule has 0 aliphatic heterocycles. The summed E-state index contributed by atoms with van der Waals surface area (Å²) in [5, 5.41) is 0. The van der Waals surface area contributed by atoms with Gasteiger partial charge in [-0.2, -0.15) is 0 Å². The van der Waals surface area contributed by atoms with E-state index in [1.807, 2.05) is 0 Å². The van der Waals surface area contributed by atoms with E-state index in [1.54, 1.807) is 0 Å². The predicted octanol–water partition coefficient (Wildman–Crippen LogP) is 23.3. The van der Waals surface area contributed by atoms with Crippen molar-refractivity contribution in [1.82, 2.24) is 0 Å². The maximum absolute atomic E-state index is 12.9. The van der Waals surface area contributed by atoms with Crippen LogP contribution in [0.3, 0.4) is 0 Å². The number of rotatable bonds is 62. The predicted molar refractivity (Wildman–Crippen MR) is 339 cm³/mol. The molecule has 0 rings (SSSR count). The first-order valence-corrected chi connectivity index (χ1v) is 33.9. The SMILES string of the molecule is CC/C=C\C/C=C\C/C=C\C/C=C\C/C=C\C/C=C\CCCCCCCCCCCCCCC(=O)OCC(COC(=O)CCCCCCCCCCC)OC(=O)CCCCCCCCCCCCCCCCCCCCCC. The van der Waals surface area contributed by atoms with Crippen molar-refractivity contribution >= 4 is 17.9 Å². The number of hydrogen-bond acceptors (Lipinski definition) is 6. The normalized spacial score (nSPS) is 12.5. The monoisotopic (exact) mass is 1090 g/mol. The summed E-state index contributed by atoms with van der Waals surface area (Å²) in [4.78, 5) is 38.2. The van der Waals surface area contributed by atoms with Gasteiger partial charge in [0.15, 0.2) is 6.10 Å². The van der Waals surface area contributed by atoms with E-state index in [-0.39, 0.29) is 31.1 Å². The summed E-state index contributed by atoms with van der Waals surface area (Å²) in [6.07, 6.45) is 86.5. The molecule has 0 aromatic rings. The second-order valence-electron chi connectivity index (χ2n) is 22.7. The lowest BCUT2D eigenvalue weighted by molar-refractivity contribution is -0.167. The van der Waals surface area contributed by atoms with Crippen molar-refractivity contribution in [2.45, 2.75) is 354 Å². The van der Waals surface area contributed by atoms with Gasteiger partial charge in [-0.3, -0.25) is 14.4 Å². The first-order chi connectivity index (χ1) is 38.5. The van der Waals surface area contributed by atoms with Crippen LogP contribution in [0.15, 0.2) is 72.9 Å². The molecule has 6 heteroatoms. The van der Waals surface area contributed by atoms with Gasteiger partial charge >= 0.3 is 17.9 Å². The third kappa shape index (κ3) is 63.7. The zero-order chi connectivity index (χ0) is 56.4. The molecule has 0 N–H and O–H groups in total. The Morgan fingerprint density at radius 1 is 0.269 bits per heavy atom. The quantitative estimate of drug-likeness (QED) is 0.0261. The first kappa shape index (κ1) is 74.8. The van der Waals surface area contributed by atoms with Crippen LogP contribution < -0.4 is 0 Å². The topological polar surface area (TPSA) is 78.9 Å². The molecule has 1 atom stereocenters. The summed E-state index contributed by atoms with van der Waals surface area (Å²) >= 11 is 0. The van der Waals surface area contributed by atoms with Gasteiger partial charge in [-0.05, 0) is 70.6 Å². The molecule has 0 spiro atoms. The Kier molecular flexibility index (Phi) is 63.7. The van der Waals surface area contributed by atoms with E-state index in [2.05, 4.69) is 93.7 Å². The van der Waals surface area contributed by atoms with E-state index in [0.717, 1.165) is 96.3 Å². The Hall–Kier alpha value is -3.15. The van der Waals surface area contributed by atoms with Crippen LogP contribution in [0.4, 0.5) is 0 Å². The fourth-order valence-electron chi connectivity index (χ4n) is 9.92. The minimum absolute atomic E-state index is 0.0698. The van der Waals surface area contributed by atoms with Gasteiger partial charge in [0, 0.05) is 19.3 Å². The van der Waals surface area contributed by atoms with E-state index < -0.39 is 6.10 Å². The summed E-state index contributed by atoms with van der Waals surface area (Å²) in [5.41, 5.74) is 0. The molecule has 0 aliphatic rings. The van der Waals surface area contributed by atoms with E-state index in [9.17, 15) is 14.4 Å². The molecule has 0 aromatic heterocycles. The van der Waals surface area contributed by atoms with Crippen LogP contribution in [-0.2, 0) is 28.6 Å². The lowest BCUT2D eigenvalue weighted by Gasteiger charge is -2.18. The molecule has 6 nitrogen and oxygen atoms in total. The molecule has 0 saturated heterocycles. The highest BCUT2D eigenvalue weighted by atomic mass is 16.6. The molecule has 0 bridgehead atoms. The molecular weight excluding hydrogens is 961 g/mol. The molecule has 0 fully saturated rings. The summed E-state index contributed by atoms with van der Waals surface area (Å²) in [5.74, 6) is -0.854. The van der Waals surface area contributed by atoms with Crippen molar-refractivity contribution in [2.24, 2.45) is 0 Å². The Bertz CT molecular complexity index is 1440. The summed E-state index contributed by atoms with van der Waals surface area (Å²) < 4.78 is 16.9. The Morgan fingerprint density at radius 3 is 0.782 bits per heavy atom. The lowest BCUT2D eigenvalue weighted by atomic mass is 10.0. The maximum Gasteiger partial charge on any atom is 0.306 e. The minimum Gasteiger partial charge on any atom is -0.462 e. The van der Waals surface area contributed by atoms with E-state index in [1.165, 1.54) is 212 Å². The van der Waals surface area contributed by atoms with Gasteiger partial charge in [-0.25, -0.2) is 0 Å². The summed E-state index contributed by atoms with van der Waals surface area (Å²) in [7, 11) is 0. The molecular formula is C72H128O6. The van der Waals surface area contributed by atoms with Crippen molar-refractivity contribution in [3.63, 3.8) is 0 Å². The van der Waals surface area contributed by atoms with Gasteiger partial charge in [0.25, 0.3) is 0 Å². The number of allylic oxidation sites excluding steroid dienone is 12. The van der Waals surface area contributed by atoms with Gasteiger partial charge in [0.05, 0.1) is 0 Å². The number of hydrogen-bond donors (Lipinski definition) is 0. The van der Waals surface area contributed by atoms with E-state index in [0.29, 0.717) is 19.3 Å². The zero-order valence-corrected chi connectivity index (χ0v) is 51.9. The second kappa shape index (κ2) is 66.4. The van der Waals surface area contributed by atoms with Crippen molar-refractivity contribution in [1.29, 1.82) is 0 Å². The fraction of sp³-hybridized carbons (Fsp3) is 0.792. The number of esters is 3. The third-order valence-corrected chi connectivity index (χ3v) is 15.0. The first-order valence-electron chi connectivity index (χ1n) is 33.9. The molecule has 0 radical (unpaired) electrons. The smallest absolute Gasteiger partial charge is 0.306 e. The maximum atomic E-state index is 12.9. The number of unbranched alkanes of at least 4 members (excludes halogenated alkanes) is 39. The van der Waals surface area contributed by atoms with Crippen LogP contribution in [0, 0.1) is 0 Å². The molecule has 78 heavy (non-hydrogen) atoms. The molecule has 452 valence electrons. The molecule has 0 aliphatic carbocycles. The van der Waals surface area contributed by atoms with Crippen molar-refractivity contribution in [3.05, 3.63) is 72.9 Å². The van der Waals surface area contributed by atoms with Crippen molar-refractivity contribution < 1.29 is 28.6 Å². The Morgan fingerprint density at radius 2 is 0.500 bits per heavy atom. The lowest BCUT2D eigenvalue weighted by Crippen LogP contribution is -2.30. The number of carbonyl (C=O) groups is 3. The van der Waals surface area contributed by atoms with Gasteiger partial charge < -0.3 is 14.2 Å². The highest BCUT2D eigenvalue weighted by Crippen LogP contribution is 2.18. The second-order valence-corrected chi connectivity index (χ2v) is 22.7. The Labute approximate surface area is 484 Å². The molecule has 1 unspecified atom stereocenters. The molecule has 0 aromatic carbocycles. The number of ether oxygens (including phenoxy) is 3. The van der Waals surface area contributed by atoms with Gasteiger partial charge in [0.1, 0.15) is 13.2 Å². The van der Waals surface area contributed by atoms with Crippen molar-refractivity contribution in [2.75, 3.05) is 13.2 Å². The molecule has 0 saturated carbocycles. The van der Waals surface area contributed by atoms with Crippen LogP contribution in [0.2, 0.25) is 0 Å². The van der Waals surface area contributed by atoms with Gasteiger partial charge in [-0.15, -0.1) is 0 Å². The average Bonchev–Trinajstić information content (AvgIpc) is 3.44. The zero-order valence-electron chi connectivity index (χ0n) is 51.9. The van der Waals surface area contributed by atoms with Gasteiger partial charge in [-0.1, -0.05) is 331 Å². The van der Waals surface area contributed by atoms with Crippen LogP contribution in [0.5, 0.6) is 0 Å². The number of carbonyl (C=O) groups excluding carboxylic acids is 3. The molecule has 0 heterocycles. The van der Waals surface area contributed by atoms with E-state index in [4.69, 9.17) is 14.2 Å². The van der Waals surface area contributed by atoms with E-state index >= 15 is 0 Å². The largest absolute Gasteiger partial charge is 0.462 e. The standard InChI is InChI=1S/C72H128O6/c1-4-7-10-13-16-19-21-23-25-27-29-31-32-33-34-35-36-37-38-39-40-41-43-44-46-48-50-53-56-59-62-65-71(74)77-68-69(67-76-70(73)64-61-58-55-52-18-15-12-9-6-3)78-72(75)66-63-60-57-54-51-49-47-45-42-30-28-26-24-22-20-17-14-11-8-5-2/h7,10,16,19,23,25,29,31,33-34,36-37,69H,4-6,8-9,11-15,17-18,20-22,24,26-28,30,32,35,38-68H2,1-3H3/b10-7-,19-16-,25-23-,31-29-,34-33-,37-36-. The Balaban J connectivity index is 4.13. The van der Waals surface area contributed by atoms with Crippen LogP contribution in [0.1, 0.15) is 348 Å². The van der Waals surface area contributed by atoms with Crippen molar-refractivity contribution in [3.8, 4) is 0 Å². The summed E-state index contributed by atoms with van der Waals surface area (Å²) in [6.45, 7) is 6.56. The third-order valence-electron chi connectivity index (χ3n) is 15.0.